The zero-order valence-electron chi connectivity index (χ0n) is 41.7. The molecule has 0 bridgehead atoms. The van der Waals surface area contributed by atoms with E-state index in [9.17, 15) is 0 Å². The molecule has 0 aliphatic carbocycles. The summed E-state index contributed by atoms with van der Waals surface area (Å²) in [5.74, 6) is 1.93. The van der Waals surface area contributed by atoms with Crippen LogP contribution in [0.3, 0.4) is 0 Å². The maximum atomic E-state index is 9.03. The van der Waals surface area contributed by atoms with Crippen molar-refractivity contribution in [2.75, 3.05) is 0 Å². The van der Waals surface area contributed by atoms with E-state index in [1.807, 2.05) is 53.1 Å². The van der Waals surface area contributed by atoms with Gasteiger partial charge in [-0.3, -0.25) is 13.7 Å². The Balaban J connectivity index is 1.13. The lowest BCUT2D eigenvalue weighted by Crippen LogP contribution is -2.31. The second kappa shape index (κ2) is 15.8. The predicted molar refractivity (Wildman–Crippen MR) is 265 cm³/mol. The molecule has 0 aliphatic heterocycles. The Kier molecular flexibility index (Phi) is 8.97. The summed E-state index contributed by atoms with van der Waals surface area (Å²) >= 11 is 0. The van der Waals surface area contributed by atoms with Gasteiger partial charge >= 0.3 is 0 Å². The fraction of sp³-hybridized carbons (Fsp3) is 0.186. The second-order valence-corrected chi connectivity index (χ2v) is 19.1. The van der Waals surface area contributed by atoms with Crippen LogP contribution in [-0.2, 0) is 10.8 Å². The Bertz CT molecular complexity index is 3560. The summed E-state index contributed by atoms with van der Waals surface area (Å²) < 4.78 is 48.0. The molecule has 10 aromatic rings. The van der Waals surface area contributed by atoms with Gasteiger partial charge in [-0.25, -0.2) is 4.98 Å². The fourth-order valence-electron chi connectivity index (χ4n) is 8.67. The molecule has 3 heterocycles. The summed E-state index contributed by atoms with van der Waals surface area (Å²) in [4.78, 5) is 4.73. The molecule has 0 radical (unpaired) electrons. The third kappa shape index (κ3) is 7.45. The molecule has 0 atom stereocenters. The number of nitrogens with zero attached hydrogens (tertiary/aromatic N) is 4. The van der Waals surface area contributed by atoms with Gasteiger partial charge in [-0.05, 0) is 104 Å². The number of hydrogen-bond acceptors (Lipinski definition) is 2. The van der Waals surface area contributed by atoms with Crippen LogP contribution in [0.15, 0.2) is 176 Å². The fourth-order valence-corrected chi connectivity index (χ4v) is 8.67. The molecule has 64 heavy (non-hydrogen) atoms. The summed E-state index contributed by atoms with van der Waals surface area (Å²) in [7, 11) is 0. The minimum absolute atomic E-state index is 0.0636. The molecule has 0 N–H and O–H groups in total. The lowest BCUT2D eigenvalue weighted by Gasteiger charge is -2.27. The SMILES string of the molecule is [2H]c1c([2H])c([2H])c2c(c1[2H])c1ccc(Oc3cccc(-n4[c-][n+](-c5c(-c6ccccc6)cccc5-c5cc(C(C)(C)C)cc(C(C)(C)C)c5)c5ccccc54)c3)cc1n2-c1cc(C(C)C)ccn1. The van der Waals surface area contributed by atoms with E-state index in [4.69, 9.17) is 15.2 Å². The van der Waals surface area contributed by atoms with Gasteiger partial charge in [0.2, 0.25) is 0 Å². The van der Waals surface area contributed by atoms with Crippen LogP contribution >= 0.6 is 0 Å². The van der Waals surface area contributed by atoms with E-state index in [2.05, 4.69) is 168 Å². The monoisotopic (exact) mass is 838 g/mol. The summed E-state index contributed by atoms with van der Waals surface area (Å²) in [5, 5.41) is 1.12. The number of benzene rings is 7. The average molecular weight is 839 g/mol. The molecule has 5 nitrogen and oxygen atoms in total. The smallest absolute Gasteiger partial charge is 0.269 e. The number of imidazole rings is 1. The molecule has 0 amide bonds. The summed E-state index contributed by atoms with van der Waals surface area (Å²) in [6, 6.07) is 49.4. The number of rotatable bonds is 8. The lowest BCUT2D eigenvalue weighted by atomic mass is 9.78. The number of ether oxygens (including phenoxy) is 1. The molecule has 316 valence electrons. The molecule has 0 unspecified atom stereocenters. The van der Waals surface area contributed by atoms with E-state index in [1.54, 1.807) is 6.20 Å². The minimum atomic E-state index is -0.292. The molecule has 0 saturated carbocycles. The molecule has 0 spiro atoms. The zero-order chi connectivity index (χ0) is 47.8. The van der Waals surface area contributed by atoms with Crippen LogP contribution in [0.25, 0.3) is 72.3 Å². The quantitative estimate of drug-likeness (QED) is 0.113. The van der Waals surface area contributed by atoms with Crippen molar-refractivity contribution in [3.05, 3.63) is 199 Å². The van der Waals surface area contributed by atoms with E-state index in [1.165, 1.54) is 11.1 Å². The molecule has 0 fully saturated rings. The first-order chi connectivity index (χ1) is 32.5. The first-order valence-electron chi connectivity index (χ1n) is 24.1. The van der Waals surface area contributed by atoms with Gasteiger partial charge in [0.25, 0.3) is 6.33 Å². The van der Waals surface area contributed by atoms with Crippen molar-refractivity contribution in [2.45, 2.75) is 72.1 Å². The highest BCUT2D eigenvalue weighted by Gasteiger charge is 2.25. The largest absolute Gasteiger partial charge is 0.458 e. The molecule has 10 rings (SSSR count). The predicted octanol–water partition coefficient (Wildman–Crippen LogP) is 15.0. The number of aromatic nitrogens is 4. The Labute approximate surface area is 382 Å². The Hall–Kier alpha value is -7.24. The van der Waals surface area contributed by atoms with Gasteiger partial charge in [0.15, 0.2) is 0 Å². The van der Waals surface area contributed by atoms with Crippen LogP contribution < -0.4 is 9.30 Å². The Morgan fingerprint density at radius 3 is 2.05 bits per heavy atom. The van der Waals surface area contributed by atoms with Crippen LogP contribution in [0.2, 0.25) is 0 Å². The van der Waals surface area contributed by atoms with Crippen LogP contribution in [0, 0.1) is 6.33 Å². The average Bonchev–Trinajstić information content (AvgIpc) is 3.89. The summed E-state index contributed by atoms with van der Waals surface area (Å²) in [6.07, 6.45) is 5.57. The summed E-state index contributed by atoms with van der Waals surface area (Å²) in [5.41, 5.74) is 12.9. The highest BCUT2D eigenvalue weighted by molar-refractivity contribution is 6.09. The first kappa shape index (κ1) is 36.3. The molecule has 0 saturated heterocycles. The Morgan fingerprint density at radius 2 is 1.30 bits per heavy atom. The van der Waals surface area contributed by atoms with Crippen LogP contribution in [0.4, 0.5) is 0 Å². The molecular formula is C59H54N4O. The standard InChI is InChI=1S/C59H54N4O/c1-39(2)41-30-31-60-56(34-41)63-52-25-13-12-22-50(52)51-29-28-47(37-55(51)63)64-46-21-16-20-45(36-46)61-38-62(54-27-15-14-26-53(54)61)57-48(40-18-10-9-11-19-40)23-17-24-49(57)42-32-43(58(3,4)5)35-44(33-42)59(6,7)8/h9-37,39H,1-8H3/i12D,13D,22D,25D. The number of hydrogen-bond donors (Lipinski definition) is 0. The van der Waals surface area contributed by atoms with Gasteiger partial charge in [0.1, 0.15) is 17.3 Å². The molecule has 5 heteroatoms. The van der Waals surface area contributed by atoms with E-state index in [-0.39, 0.29) is 40.9 Å². The van der Waals surface area contributed by atoms with Gasteiger partial charge in [-0.2, -0.15) is 0 Å². The van der Waals surface area contributed by atoms with Gasteiger partial charge < -0.3 is 4.74 Å². The Morgan fingerprint density at radius 1 is 0.609 bits per heavy atom. The van der Waals surface area contributed by atoms with Crippen molar-refractivity contribution in [2.24, 2.45) is 0 Å². The van der Waals surface area contributed by atoms with Gasteiger partial charge in [0.05, 0.1) is 38.9 Å². The van der Waals surface area contributed by atoms with E-state index in [0.29, 0.717) is 39.1 Å². The summed E-state index contributed by atoms with van der Waals surface area (Å²) in [6.45, 7) is 17.9. The van der Waals surface area contributed by atoms with Crippen molar-refractivity contribution in [3.63, 3.8) is 0 Å². The van der Waals surface area contributed by atoms with Crippen molar-refractivity contribution in [1.82, 2.24) is 14.1 Å². The molecular weight excluding hydrogens is 781 g/mol. The minimum Gasteiger partial charge on any atom is -0.458 e. The van der Waals surface area contributed by atoms with Gasteiger partial charge in [-0.15, -0.1) is 0 Å². The van der Waals surface area contributed by atoms with Crippen LogP contribution in [0.1, 0.15) is 83.5 Å². The van der Waals surface area contributed by atoms with E-state index < -0.39 is 0 Å². The number of pyridine rings is 1. The third-order valence-corrected chi connectivity index (χ3v) is 12.2. The van der Waals surface area contributed by atoms with Crippen molar-refractivity contribution in [3.8, 4) is 50.9 Å². The topological polar surface area (TPSA) is 35.9 Å². The highest BCUT2D eigenvalue weighted by Crippen LogP contribution is 2.40. The molecule has 7 aromatic carbocycles. The third-order valence-electron chi connectivity index (χ3n) is 12.2. The maximum absolute atomic E-state index is 9.03. The number of para-hydroxylation sites is 4. The van der Waals surface area contributed by atoms with E-state index in [0.717, 1.165) is 50.2 Å². The first-order valence-corrected chi connectivity index (χ1v) is 22.1. The molecule has 3 aromatic heterocycles. The normalized spacial score (nSPS) is 13.1. The lowest BCUT2D eigenvalue weighted by molar-refractivity contribution is -0.571. The maximum Gasteiger partial charge on any atom is 0.269 e. The van der Waals surface area contributed by atoms with Crippen molar-refractivity contribution in [1.29, 1.82) is 0 Å². The number of fused-ring (bicyclic) bond motifs is 4. The van der Waals surface area contributed by atoms with Crippen molar-refractivity contribution >= 4 is 32.8 Å². The van der Waals surface area contributed by atoms with Gasteiger partial charge in [0, 0.05) is 23.0 Å². The second-order valence-electron chi connectivity index (χ2n) is 19.1. The zero-order valence-corrected chi connectivity index (χ0v) is 37.7. The van der Waals surface area contributed by atoms with E-state index >= 15 is 0 Å². The van der Waals surface area contributed by atoms with Crippen molar-refractivity contribution < 1.29 is 14.8 Å². The van der Waals surface area contributed by atoms with Gasteiger partial charge in [-0.1, -0.05) is 171 Å². The van der Waals surface area contributed by atoms with Crippen LogP contribution in [-0.4, -0.2) is 14.1 Å². The highest BCUT2D eigenvalue weighted by atomic mass is 16.5. The van der Waals surface area contributed by atoms with Crippen LogP contribution in [0.5, 0.6) is 11.5 Å². The molecule has 0 aliphatic rings.